The van der Waals surface area contributed by atoms with Crippen LogP contribution >= 0.6 is 34.4 Å². The summed E-state index contributed by atoms with van der Waals surface area (Å²) in [7, 11) is 0. The molecule has 1 atom stereocenters. The van der Waals surface area contributed by atoms with E-state index < -0.39 is 5.97 Å². The number of allylic oxidation sites excluding steroid dienone is 1. The van der Waals surface area contributed by atoms with Gasteiger partial charge in [0.15, 0.2) is 5.16 Å². The lowest BCUT2D eigenvalue weighted by Crippen LogP contribution is -2.24. The van der Waals surface area contributed by atoms with E-state index in [2.05, 4.69) is 18.8 Å². The second-order valence-electron chi connectivity index (χ2n) is 9.45. The number of aryl methyl sites for hydroxylation is 2. The zero-order valence-electron chi connectivity index (χ0n) is 22.0. The number of thiophene rings is 2. The molecule has 4 aromatic rings. The van der Waals surface area contributed by atoms with Crippen molar-refractivity contribution < 1.29 is 18.7 Å². The summed E-state index contributed by atoms with van der Waals surface area (Å²) in [5.74, 6) is 0.978. The molecule has 5 rings (SSSR count). The van der Waals surface area contributed by atoms with Crippen LogP contribution in [0.2, 0.25) is 0 Å². The summed E-state index contributed by atoms with van der Waals surface area (Å²) in [4.78, 5) is 46.1. The number of carbonyl (C=O) groups is 2. The molecule has 1 aliphatic rings. The number of furan rings is 1. The lowest BCUT2D eigenvalue weighted by Gasteiger charge is -2.17. The van der Waals surface area contributed by atoms with Crippen molar-refractivity contribution in [2.45, 2.75) is 51.7 Å². The van der Waals surface area contributed by atoms with Gasteiger partial charge in [-0.1, -0.05) is 24.8 Å². The molecule has 204 valence electrons. The Morgan fingerprint density at radius 2 is 2.21 bits per heavy atom. The summed E-state index contributed by atoms with van der Waals surface area (Å²) in [5, 5.41) is 6.18. The quantitative estimate of drug-likeness (QED) is 0.107. The summed E-state index contributed by atoms with van der Waals surface area (Å²) >= 11 is 4.01. The van der Waals surface area contributed by atoms with Gasteiger partial charge in [0.25, 0.3) is 5.56 Å². The van der Waals surface area contributed by atoms with E-state index in [0.29, 0.717) is 45.1 Å². The van der Waals surface area contributed by atoms with Crippen molar-refractivity contribution in [3.63, 3.8) is 0 Å². The summed E-state index contributed by atoms with van der Waals surface area (Å²) < 4.78 is 12.6. The Labute approximate surface area is 238 Å². The third-order valence-electron chi connectivity index (χ3n) is 6.55. The van der Waals surface area contributed by atoms with E-state index in [-0.39, 0.29) is 29.4 Å². The average molecular weight is 584 g/mol. The van der Waals surface area contributed by atoms with Gasteiger partial charge in [0.2, 0.25) is 5.91 Å². The van der Waals surface area contributed by atoms with Gasteiger partial charge in [-0.15, -0.1) is 29.3 Å². The van der Waals surface area contributed by atoms with Crippen LogP contribution in [0.3, 0.4) is 0 Å². The van der Waals surface area contributed by atoms with Crippen molar-refractivity contribution in [3.05, 3.63) is 62.3 Å². The number of rotatable bonds is 9. The van der Waals surface area contributed by atoms with Crippen molar-refractivity contribution in [2.24, 2.45) is 5.92 Å². The van der Waals surface area contributed by atoms with Gasteiger partial charge in [-0.25, -0.2) is 9.78 Å². The number of hydrogen-bond acceptors (Lipinski definition) is 9. The molecule has 1 aliphatic carbocycles. The van der Waals surface area contributed by atoms with Crippen molar-refractivity contribution in [2.75, 3.05) is 17.7 Å². The Hall–Kier alpha value is -3.15. The number of hydrogen-bond donors (Lipinski definition) is 1. The van der Waals surface area contributed by atoms with E-state index in [1.165, 1.54) is 28.0 Å². The topological polar surface area (TPSA) is 103 Å². The number of nitrogens with zero attached hydrogens (tertiary/aromatic N) is 2. The molecule has 4 heterocycles. The first-order valence-electron chi connectivity index (χ1n) is 12.7. The van der Waals surface area contributed by atoms with Gasteiger partial charge in [0.05, 0.1) is 17.7 Å². The van der Waals surface area contributed by atoms with Crippen molar-refractivity contribution in [3.8, 4) is 11.3 Å². The molecule has 0 spiro atoms. The van der Waals surface area contributed by atoms with Crippen molar-refractivity contribution in [1.29, 1.82) is 0 Å². The van der Waals surface area contributed by atoms with Crippen LogP contribution in [0.5, 0.6) is 0 Å². The molecule has 0 saturated carbocycles. The second kappa shape index (κ2) is 11.5. The van der Waals surface area contributed by atoms with E-state index in [4.69, 9.17) is 14.1 Å². The van der Waals surface area contributed by atoms with Crippen molar-refractivity contribution >= 4 is 61.5 Å². The standard InChI is InChI=1S/C28H29N3O5S3/c1-5-11-31-26(33)22-17-9-7-15(3)12-20(17)39-25(22)30-28(31)38-14-21(32)29-24-23(27(34)35-6-2)18(13-37-24)19-10-8-16(4)36-19/h5,8,10,13,15H,1,6-7,9,11-12,14H2,2-4H3,(H,29,32). The fourth-order valence-corrected chi connectivity index (χ4v) is 7.90. The summed E-state index contributed by atoms with van der Waals surface area (Å²) in [6, 6.07) is 3.60. The maximum absolute atomic E-state index is 13.5. The van der Waals surface area contributed by atoms with Crippen LogP contribution in [0.1, 0.15) is 46.8 Å². The fourth-order valence-electron chi connectivity index (χ4n) is 4.71. The van der Waals surface area contributed by atoms with Gasteiger partial charge in [-0.05, 0) is 56.7 Å². The summed E-state index contributed by atoms with van der Waals surface area (Å²) in [6.07, 6.45) is 4.58. The van der Waals surface area contributed by atoms with Crippen LogP contribution in [-0.4, -0.2) is 33.8 Å². The van der Waals surface area contributed by atoms with E-state index in [0.717, 1.165) is 29.7 Å². The highest BCUT2D eigenvalue weighted by atomic mass is 32.2. The smallest absolute Gasteiger partial charge is 0.341 e. The molecular weight excluding hydrogens is 555 g/mol. The van der Waals surface area contributed by atoms with Gasteiger partial charge in [0, 0.05) is 22.4 Å². The molecule has 0 aromatic carbocycles. The highest BCUT2D eigenvalue weighted by Crippen LogP contribution is 2.38. The molecule has 1 unspecified atom stereocenters. The lowest BCUT2D eigenvalue weighted by atomic mass is 9.89. The number of anilines is 1. The van der Waals surface area contributed by atoms with Crippen LogP contribution in [0.25, 0.3) is 21.5 Å². The zero-order valence-corrected chi connectivity index (χ0v) is 24.4. The lowest BCUT2D eigenvalue weighted by molar-refractivity contribution is -0.113. The highest BCUT2D eigenvalue weighted by Gasteiger charge is 2.26. The minimum absolute atomic E-state index is 0.00652. The van der Waals surface area contributed by atoms with Crippen LogP contribution < -0.4 is 10.9 Å². The maximum Gasteiger partial charge on any atom is 0.341 e. The molecule has 0 radical (unpaired) electrons. The van der Waals surface area contributed by atoms with Gasteiger partial charge in [-0.3, -0.25) is 14.2 Å². The first-order valence-corrected chi connectivity index (χ1v) is 15.4. The first kappa shape index (κ1) is 27.4. The molecule has 0 saturated heterocycles. The molecule has 11 heteroatoms. The normalized spacial score (nSPS) is 14.8. The fraction of sp³-hybridized carbons (Fsp3) is 0.357. The number of aromatic nitrogens is 2. The SMILES string of the molecule is C=CCn1c(SCC(=O)Nc2scc(-c3ccc(C)o3)c2C(=O)OCC)nc2sc3c(c2c1=O)CCC(C)C3. The largest absolute Gasteiger partial charge is 0.462 e. The minimum atomic E-state index is -0.534. The Morgan fingerprint density at radius 3 is 2.92 bits per heavy atom. The zero-order chi connectivity index (χ0) is 27.7. The van der Waals surface area contributed by atoms with E-state index in [1.54, 1.807) is 40.4 Å². The van der Waals surface area contributed by atoms with Gasteiger partial charge < -0.3 is 14.5 Å². The molecule has 1 amide bonds. The minimum Gasteiger partial charge on any atom is -0.462 e. The van der Waals surface area contributed by atoms with Gasteiger partial charge in [-0.2, -0.15) is 0 Å². The van der Waals surface area contributed by atoms with Crippen LogP contribution in [0.4, 0.5) is 5.00 Å². The van der Waals surface area contributed by atoms with Gasteiger partial charge in [0.1, 0.15) is 26.9 Å². The summed E-state index contributed by atoms with van der Waals surface area (Å²) in [6.45, 7) is 10.1. The molecule has 0 aliphatic heterocycles. The van der Waals surface area contributed by atoms with Crippen molar-refractivity contribution in [1.82, 2.24) is 9.55 Å². The molecule has 0 fully saturated rings. The predicted octanol–water partition coefficient (Wildman–Crippen LogP) is 6.31. The van der Waals surface area contributed by atoms with E-state index in [1.807, 2.05) is 13.0 Å². The molecule has 1 N–H and O–H groups in total. The van der Waals surface area contributed by atoms with Gasteiger partial charge >= 0.3 is 5.97 Å². The average Bonchev–Trinajstić information content (AvgIpc) is 3.61. The van der Waals surface area contributed by atoms with Crippen LogP contribution in [-0.2, 0) is 28.9 Å². The number of nitrogens with one attached hydrogen (secondary N) is 1. The number of amides is 1. The summed E-state index contributed by atoms with van der Waals surface area (Å²) in [5.41, 5.74) is 1.87. The number of esters is 1. The Balaban J connectivity index is 1.40. The van der Waals surface area contributed by atoms with E-state index in [9.17, 15) is 14.4 Å². The number of ether oxygens (including phenoxy) is 1. The Bertz CT molecular complexity index is 1630. The maximum atomic E-state index is 13.5. The molecule has 39 heavy (non-hydrogen) atoms. The van der Waals surface area contributed by atoms with E-state index >= 15 is 0 Å². The number of thioether (sulfide) groups is 1. The third kappa shape index (κ3) is 5.48. The molecule has 8 nitrogen and oxygen atoms in total. The monoisotopic (exact) mass is 583 g/mol. The number of fused-ring (bicyclic) bond motifs is 3. The Morgan fingerprint density at radius 1 is 1.38 bits per heavy atom. The third-order valence-corrected chi connectivity index (χ3v) is 9.57. The molecule has 4 aromatic heterocycles. The number of carbonyl (C=O) groups excluding carboxylic acids is 2. The Kier molecular flexibility index (Phi) is 8.11. The molecule has 0 bridgehead atoms. The van der Waals surface area contributed by atoms with Crippen LogP contribution in [0, 0.1) is 12.8 Å². The highest BCUT2D eigenvalue weighted by molar-refractivity contribution is 7.99. The predicted molar refractivity (Wildman–Crippen MR) is 157 cm³/mol. The molecular formula is C28H29N3O5S3. The first-order chi connectivity index (χ1) is 18.8. The second-order valence-corrected chi connectivity index (χ2v) is 12.4. The van der Waals surface area contributed by atoms with Crippen LogP contribution in [0.15, 0.2) is 44.5 Å².